The number of rotatable bonds is 7. The Kier molecular flexibility index (Phi) is 11.6. The Bertz CT molecular complexity index is 667. The van der Waals surface area contributed by atoms with E-state index < -0.39 is 23.6 Å². The second-order valence-corrected chi connectivity index (χ2v) is 6.54. The Morgan fingerprint density at radius 1 is 1.10 bits per heavy atom. The molecule has 0 bridgehead atoms. The number of ether oxygens (including phenoxy) is 1. The van der Waals surface area contributed by atoms with Gasteiger partial charge in [0.15, 0.2) is 5.96 Å². The number of carbonyl (C=O) groups excluding carboxylic acids is 1. The maximum Gasteiger partial charge on any atom is 0.433 e. The highest BCUT2D eigenvalue weighted by Gasteiger charge is 2.32. The van der Waals surface area contributed by atoms with Gasteiger partial charge < -0.3 is 26.0 Å². The lowest BCUT2D eigenvalue weighted by Gasteiger charge is -2.20. The minimum atomic E-state index is -4.52. The molecule has 1 aromatic heterocycles. The summed E-state index contributed by atoms with van der Waals surface area (Å²) in [5, 5.41) is 11.2. The lowest BCUT2D eigenvalue weighted by molar-refractivity contribution is -0.141. The summed E-state index contributed by atoms with van der Waals surface area (Å²) < 4.78 is 42.9. The van der Waals surface area contributed by atoms with Gasteiger partial charge in [-0.15, -0.1) is 24.0 Å². The van der Waals surface area contributed by atoms with Crippen molar-refractivity contribution in [2.45, 2.75) is 32.5 Å². The molecule has 0 aliphatic carbocycles. The van der Waals surface area contributed by atoms with E-state index in [0.717, 1.165) is 12.3 Å². The fraction of sp³-hybridized carbons (Fsp3) is 0.625. The number of aromatic nitrogens is 2. The highest BCUT2D eigenvalue weighted by molar-refractivity contribution is 14.0. The van der Waals surface area contributed by atoms with Gasteiger partial charge in [0, 0.05) is 39.4 Å². The van der Waals surface area contributed by atoms with Crippen LogP contribution in [0.3, 0.4) is 0 Å². The van der Waals surface area contributed by atoms with E-state index in [4.69, 9.17) is 4.74 Å². The van der Waals surface area contributed by atoms with Crippen LogP contribution < -0.4 is 21.3 Å². The number of alkyl carbamates (subject to hydrolysis) is 1. The number of nitrogens with zero attached hydrogens (tertiary/aromatic N) is 3. The molecule has 0 spiro atoms. The van der Waals surface area contributed by atoms with E-state index in [2.05, 4.69) is 36.2 Å². The average molecular weight is 533 g/mol. The smallest absolute Gasteiger partial charge is 0.433 e. The summed E-state index contributed by atoms with van der Waals surface area (Å²) in [6, 6.07) is 0.806. The minimum absolute atomic E-state index is 0. The van der Waals surface area contributed by atoms with Gasteiger partial charge in [-0.1, -0.05) is 0 Å². The summed E-state index contributed by atoms with van der Waals surface area (Å²) in [6.45, 7) is 6.69. The van der Waals surface area contributed by atoms with Crippen molar-refractivity contribution in [3.8, 4) is 0 Å². The first-order valence-corrected chi connectivity index (χ1v) is 8.57. The maximum absolute atomic E-state index is 12.6. The molecule has 1 aromatic rings. The van der Waals surface area contributed by atoms with E-state index in [1.165, 1.54) is 0 Å². The first kappa shape index (κ1) is 26.9. The second-order valence-electron chi connectivity index (χ2n) is 6.54. The average Bonchev–Trinajstić information content (AvgIpc) is 2.58. The number of guanidine groups is 1. The molecule has 0 aliphatic heterocycles. The van der Waals surface area contributed by atoms with Gasteiger partial charge in [-0.3, -0.25) is 4.99 Å². The van der Waals surface area contributed by atoms with Gasteiger partial charge in [0.1, 0.15) is 11.3 Å². The van der Waals surface area contributed by atoms with Crippen LogP contribution in [0.15, 0.2) is 17.3 Å². The molecule has 0 unspecified atom stereocenters. The number of alkyl halides is 3. The number of amides is 1. The SMILES string of the molecule is CN=C(NCCNC(=O)OC(C)(C)C)NCCNc1nccc(C(F)(F)F)n1.I. The van der Waals surface area contributed by atoms with Gasteiger partial charge in [0.25, 0.3) is 0 Å². The van der Waals surface area contributed by atoms with Crippen LogP contribution in [0.4, 0.5) is 23.9 Å². The standard InChI is InChI=1S/C16H26F3N7O2.HI/c1-15(2,3)28-14(27)25-10-9-23-12(20-4)22-7-8-24-13-21-6-5-11(26-13)16(17,18)19;/h5-6H,7-10H2,1-4H3,(H,25,27)(H2,20,22,23)(H,21,24,26);1H. The minimum Gasteiger partial charge on any atom is -0.444 e. The van der Waals surface area contributed by atoms with Gasteiger partial charge in [0.2, 0.25) is 5.95 Å². The van der Waals surface area contributed by atoms with Crippen molar-refractivity contribution in [2.24, 2.45) is 4.99 Å². The number of nitrogens with one attached hydrogen (secondary N) is 4. The maximum atomic E-state index is 12.6. The number of anilines is 1. The van der Waals surface area contributed by atoms with E-state index in [1.807, 2.05) is 0 Å². The van der Waals surface area contributed by atoms with Gasteiger partial charge in [-0.05, 0) is 26.8 Å². The molecule has 0 fully saturated rings. The van der Waals surface area contributed by atoms with Gasteiger partial charge in [0.05, 0.1) is 0 Å². The highest BCUT2D eigenvalue weighted by Crippen LogP contribution is 2.27. The van der Waals surface area contributed by atoms with Crippen LogP contribution in [-0.2, 0) is 10.9 Å². The summed E-state index contributed by atoms with van der Waals surface area (Å²) in [7, 11) is 1.57. The first-order chi connectivity index (χ1) is 13.0. The Morgan fingerprint density at radius 3 is 2.24 bits per heavy atom. The van der Waals surface area contributed by atoms with E-state index in [1.54, 1.807) is 27.8 Å². The predicted molar refractivity (Wildman–Crippen MR) is 115 cm³/mol. The van der Waals surface area contributed by atoms with Crippen LogP contribution in [0.25, 0.3) is 0 Å². The molecule has 29 heavy (non-hydrogen) atoms. The largest absolute Gasteiger partial charge is 0.444 e. The third kappa shape index (κ3) is 12.2. The van der Waals surface area contributed by atoms with Crippen molar-refractivity contribution in [3.63, 3.8) is 0 Å². The Morgan fingerprint density at radius 2 is 1.69 bits per heavy atom. The molecular weight excluding hydrogens is 506 g/mol. The normalized spacial score (nSPS) is 11.9. The fourth-order valence-electron chi connectivity index (χ4n) is 1.84. The summed E-state index contributed by atoms with van der Waals surface area (Å²) in [5.74, 6) is 0.360. The third-order valence-corrected chi connectivity index (χ3v) is 2.96. The number of carbonyl (C=O) groups is 1. The molecule has 0 atom stereocenters. The van der Waals surface area contributed by atoms with Crippen molar-refractivity contribution >= 4 is 42.0 Å². The molecule has 1 amide bonds. The molecule has 166 valence electrons. The van der Waals surface area contributed by atoms with Crippen LogP contribution in [0.2, 0.25) is 0 Å². The molecular formula is C16H27F3IN7O2. The molecule has 1 rings (SSSR count). The van der Waals surface area contributed by atoms with E-state index >= 15 is 0 Å². The zero-order valence-electron chi connectivity index (χ0n) is 16.7. The van der Waals surface area contributed by atoms with Crippen LogP contribution >= 0.6 is 24.0 Å². The van der Waals surface area contributed by atoms with Gasteiger partial charge in [-0.2, -0.15) is 13.2 Å². The highest BCUT2D eigenvalue weighted by atomic mass is 127. The fourth-order valence-corrected chi connectivity index (χ4v) is 1.84. The summed E-state index contributed by atoms with van der Waals surface area (Å²) in [4.78, 5) is 22.7. The van der Waals surface area contributed by atoms with E-state index in [9.17, 15) is 18.0 Å². The quantitative estimate of drug-likeness (QED) is 0.184. The summed E-state index contributed by atoms with van der Waals surface area (Å²) in [6.07, 6.45) is -3.98. The number of hydrogen-bond donors (Lipinski definition) is 4. The zero-order valence-corrected chi connectivity index (χ0v) is 19.0. The summed E-state index contributed by atoms with van der Waals surface area (Å²) >= 11 is 0. The van der Waals surface area contributed by atoms with E-state index in [0.29, 0.717) is 25.6 Å². The Labute approximate surface area is 184 Å². The van der Waals surface area contributed by atoms with Crippen molar-refractivity contribution in [1.29, 1.82) is 0 Å². The molecule has 0 aliphatic rings. The molecule has 0 saturated carbocycles. The molecule has 4 N–H and O–H groups in total. The predicted octanol–water partition coefficient (Wildman–Crippen LogP) is 2.21. The van der Waals surface area contributed by atoms with Crippen LogP contribution in [0.1, 0.15) is 26.5 Å². The molecule has 0 aromatic carbocycles. The van der Waals surface area contributed by atoms with Gasteiger partial charge >= 0.3 is 12.3 Å². The van der Waals surface area contributed by atoms with Crippen molar-refractivity contribution in [3.05, 3.63) is 18.0 Å². The van der Waals surface area contributed by atoms with Crippen molar-refractivity contribution in [1.82, 2.24) is 25.9 Å². The molecule has 9 nitrogen and oxygen atoms in total. The zero-order chi connectivity index (χ0) is 21.2. The Balaban J connectivity index is 0.00000784. The van der Waals surface area contributed by atoms with Crippen molar-refractivity contribution < 1.29 is 22.7 Å². The molecule has 0 saturated heterocycles. The van der Waals surface area contributed by atoms with Gasteiger partial charge in [-0.25, -0.2) is 14.8 Å². The first-order valence-electron chi connectivity index (χ1n) is 8.57. The monoisotopic (exact) mass is 533 g/mol. The van der Waals surface area contributed by atoms with Crippen LogP contribution in [-0.4, -0.2) is 60.8 Å². The lowest BCUT2D eigenvalue weighted by atomic mass is 10.2. The molecule has 0 radical (unpaired) electrons. The number of aliphatic imine (C=N–C) groups is 1. The lowest BCUT2D eigenvalue weighted by Crippen LogP contribution is -2.43. The van der Waals surface area contributed by atoms with E-state index in [-0.39, 0.29) is 36.5 Å². The summed E-state index contributed by atoms with van der Waals surface area (Å²) in [5.41, 5.74) is -1.57. The third-order valence-electron chi connectivity index (χ3n) is 2.96. The van der Waals surface area contributed by atoms with Crippen LogP contribution in [0, 0.1) is 0 Å². The molecule has 13 heteroatoms. The molecule has 1 heterocycles. The second kappa shape index (κ2) is 12.5. The van der Waals surface area contributed by atoms with Crippen LogP contribution in [0.5, 0.6) is 0 Å². The Hall–Kier alpha value is -2.06. The topological polar surface area (TPSA) is 113 Å². The number of halogens is 4. The van der Waals surface area contributed by atoms with Crippen molar-refractivity contribution in [2.75, 3.05) is 38.5 Å². The number of hydrogen-bond acceptors (Lipinski definition) is 6.